The Balaban J connectivity index is 2.15. The van der Waals surface area contributed by atoms with Crippen LogP contribution in [0.4, 0.5) is 10.1 Å². The molecule has 0 fully saturated rings. The third kappa shape index (κ3) is 1.86. The van der Waals surface area contributed by atoms with E-state index in [9.17, 15) is 9.18 Å². The molecule has 0 unspecified atom stereocenters. The standard InChI is InChI=1S/C16H13FN2O/c1-9-3-2-4-14-15(9)11(8-19-14)16(20)10-5-6-13(18)12(17)7-10/h2-8,19H,18H2,1H3. The van der Waals surface area contributed by atoms with Gasteiger partial charge in [0.25, 0.3) is 0 Å². The number of benzene rings is 2. The van der Waals surface area contributed by atoms with Gasteiger partial charge < -0.3 is 10.7 Å². The Bertz CT molecular complexity index is 820. The molecule has 4 heteroatoms. The van der Waals surface area contributed by atoms with Crippen molar-refractivity contribution in [2.45, 2.75) is 6.92 Å². The number of carbonyl (C=O) groups excluding carboxylic acids is 1. The minimum absolute atomic E-state index is 0.0386. The fourth-order valence-corrected chi connectivity index (χ4v) is 2.37. The molecule has 3 rings (SSSR count). The summed E-state index contributed by atoms with van der Waals surface area (Å²) >= 11 is 0. The quantitative estimate of drug-likeness (QED) is 0.552. The van der Waals surface area contributed by atoms with Gasteiger partial charge in [0.15, 0.2) is 5.78 Å². The number of carbonyl (C=O) groups is 1. The SMILES string of the molecule is Cc1cccc2[nH]cc(C(=O)c3ccc(N)c(F)c3)c12. The molecule has 0 bridgehead atoms. The predicted molar refractivity (Wildman–Crippen MR) is 77.3 cm³/mol. The van der Waals surface area contributed by atoms with Crippen molar-refractivity contribution >= 4 is 22.4 Å². The molecule has 0 saturated carbocycles. The van der Waals surface area contributed by atoms with Crippen molar-refractivity contribution < 1.29 is 9.18 Å². The van der Waals surface area contributed by atoms with Crippen LogP contribution in [0.15, 0.2) is 42.6 Å². The van der Waals surface area contributed by atoms with Crippen LogP contribution >= 0.6 is 0 Å². The lowest BCUT2D eigenvalue weighted by molar-refractivity contribution is 0.104. The summed E-state index contributed by atoms with van der Waals surface area (Å²) in [6.45, 7) is 1.94. The molecule has 3 nitrogen and oxygen atoms in total. The first-order valence-corrected chi connectivity index (χ1v) is 6.24. The molecule has 100 valence electrons. The molecule has 0 aliphatic rings. The van der Waals surface area contributed by atoms with Gasteiger partial charge in [-0.2, -0.15) is 0 Å². The lowest BCUT2D eigenvalue weighted by Gasteiger charge is -2.03. The summed E-state index contributed by atoms with van der Waals surface area (Å²) in [6, 6.07) is 9.89. The minimum Gasteiger partial charge on any atom is -0.396 e. The van der Waals surface area contributed by atoms with Gasteiger partial charge in [0, 0.05) is 28.2 Å². The molecule has 1 aromatic heterocycles. The Hall–Kier alpha value is -2.62. The molecular formula is C16H13FN2O. The summed E-state index contributed by atoms with van der Waals surface area (Å²) in [7, 11) is 0. The maximum absolute atomic E-state index is 13.5. The lowest BCUT2D eigenvalue weighted by Crippen LogP contribution is -2.02. The van der Waals surface area contributed by atoms with Gasteiger partial charge in [-0.1, -0.05) is 12.1 Å². The second kappa shape index (κ2) is 4.49. The van der Waals surface area contributed by atoms with Crippen LogP contribution in [0.1, 0.15) is 21.5 Å². The number of nitrogen functional groups attached to an aromatic ring is 1. The fourth-order valence-electron chi connectivity index (χ4n) is 2.37. The highest BCUT2D eigenvalue weighted by atomic mass is 19.1. The number of hydrogen-bond donors (Lipinski definition) is 2. The van der Waals surface area contributed by atoms with Crippen LogP contribution in [0.25, 0.3) is 10.9 Å². The number of aryl methyl sites for hydroxylation is 1. The van der Waals surface area contributed by atoms with E-state index in [1.165, 1.54) is 18.2 Å². The molecule has 2 aromatic carbocycles. The highest BCUT2D eigenvalue weighted by Gasteiger charge is 2.16. The van der Waals surface area contributed by atoms with Gasteiger partial charge in [0.05, 0.1) is 5.69 Å². The summed E-state index contributed by atoms with van der Waals surface area (Å²) in [4.78, 5) is 15.6. The van der Waals surface area contributed by atoms with Crippen LogP contribution < -0.4 is 5.73 Å². The Labute approximate surface area is 115 Å². The number of anilines is 1. The molecule has 3 N–H and O–H groups in total. The number of aromatic amines is 1. The first-order chi connectivity index (χ1) is 9.58. The summed E-state index contributed by atoms with van der Waals surface area (Å²) in [5.41, 5.74) is 8.20. The van der Waals surface area contributed by atoms with Crippen molar-refractivity contribution in [3.63, 3.8) is 0 Å². The molecule has 0 amide bonds. The molecule has 0 radical (unpaired) electrons. The highest BCUT2D eigenvalue weighted by molar-refractivity contribution is 6.17. The summed E-state index contributed by atoms with van der Waals surface area (Å²) in [6.07, 6.45) is 1.66. The Kier molecular flexibility index (Phi) is 2.79. The van der Waals surface area contributed by atoms with Crippen molar-refractivity contribution in [3.05, 3.63) is 65.1 Å². The molecule has 0 atom stereocenters. The predicted octanol–water partition coefficient (Wildman–Crippen LogP) is 3.43. The number of rotatable bonds is 2. The van der Waals surface area contributed by atoms with E-state index >= 15 is 0 Å². The zero-order valence-corrected chi connectivity index (χ0v) is 10.9. The molecule has 0 aliphatic heterocycles. The molecule has 20 heavy (non-hydrogen) atoms. The van der Waals surface area contributed by atoms with Gasteiger partial charge >= 0.3 is 0 Å². The molecule has 3 aromatic rings. The number of aromatic nitrogens is 1. The molecule has 1 heterocycles. The highest BCUT2D eigenvalue weighted by Crippen LogP contribution is 2.25. The first kappa shape index (κ1) is 12.4. The van der Waals surface area contributed by atoms with E-state index in [4.69, 9.17) is 5.73 Å². The second-order valence-electron chi connectivity index (χ2n) is 4.77. The number of ketones is 1. The largest absolute Gasteiger partial charge is 0.396 e. The van der Waals surface area contributed by atoms with Crippen LogP contribution in [-0.2, 0) is 0 Å². The molecular weight excluding hydrogens is 255 g/mol. The van der Waals surface area contributed by atoms with Crippen molar-refractivity contribution in [2.24, 2.45) is 0 Å². The fraction of sp³-hybridized carbons (Fsp3) is 0.0625. The summed E-state index contributed by atoms with van der Waals surface area (Å²) in [5.74, 6) is -0.795. The zero-order chi connectivity index (χ0) is 14.3. The Morgan fingerprint density at radius 3 is 2.80 bits per heavy atom. The van der Waals surface area contributed by atoms with Crippen LogP contribution in [0.3, 0.4) is 0 Å². The van der Waals surface area contributed by atoms with Crippen molar-refractivity contribution in [3.8, 4) is 0 Å². The van der Waals surface area contributed by atoms with Gasteiger partial charge in [-0.15, -0.1) is 0 Å². The van der Waals surface area contributed by atoms with E-state index in [1.54, 1.807) is 6.20 Å². The number of nitrogens with two attached hydrogens (primary N) is 1. The average molecular weight is 268 g/mol. The second-order valence-corrected chi connectivity index (χ2v) is 4.77. The van der Waals surface area contributed by atoms with E-state index in [2.05, 4.69) is 4.98 Å². The maximum atomic E-state index is 13.5. The third-order valence-corrected chi connectivity index (χ3v) is 3.42. The smallest absolute Gasteiger partial charge is 0.195 e. The van der Waals surface area contributed by atoms with Gasteiger partial charge in [0.1, 0.15) is 5.82 Å². The van der Waals surface area contributed by atoms with Gasteiger partial charge in [-0.05, 0) is 36.8 Å². The van der Waals surface area contributed by atoms with E-state index < -0.39 is 5.82 Å². The Morgan fingerprint density at radius 2 is 2.05 bits per heavy atom. The van der Waals surface area contributed by atoms with Crippen LogP contribution in [-0.4, -0.2) is 10.8 Å². The van der Waals surface area contributed by atoms with Crippen LogP contribution in [0.5, 0.6) is 0 Å². The van der Waals surface area contributed by atoms with Gasteiger partial charge in [-0.25, -0.2) is 4.39 Å². The number of halogens is 1. The van der Waals surface area contributed by atoms with Gasteiger partial charge in [-0.3, -0.25) is 4.79 Å². The molecule has 0 aliphatic carbocycles. The molecule has 0 saturated heterocycles. The maximum Gasteiger partial charge on any atom is 0.195 e. The van der Waals surface area contributed by atoms with Crippen LogP contribution in [0.2, 0.25) is 0 Å². The minimum atomic E-state index is -0.576. The van der Waals surface area contributed by atoms with Crippen LogP contribution in [0, 0.1) is 12.7 Å². The normalized spacial score (nSPS) is 10.9. The Morgan fingerprint density at radius 1 is 1.25 bits per heavy atom. The van der Waals surface area contributed by atoms with E-state index in [0.717, 1.165) is 16.5 Å². The number of hydrogen-bond acceptors (Lipinski definition) is 2. The zero-order valence-electron chi connectivity index (χ0n) is 10.9. The van der Waals surface area contributed by atoms with Crippen molar-refractivity contribution in [2.75, 3.05) is 5.73 Å². The van der Waals surface area contributed by atoms with E-state index in [1.807, 2.05) is 25.1 Å². The van der Waals surface area contributed by atoms with Crippen molar-refractivity contribution in [1.82, 2.24) is 4.98 Å². The summed E-state index contributed by atoms with van der Waals surface area (Å²) in [5, 5.41) is 0.870. The molecule has 0 spiro atoms. The number of nitrogens with one attached hydrogen (secondary N) is 1. The number of fused-ring (bicyclic) bond motifs is 1. The van der Waals surface area contributed by atoms with Gasteiger partial charge in [0.2, 0.25) is 0 Å². The number of H-pyrrole nitrogens is 1. The average Bonchev–Trinajstić information content (AvgIpc) is 2.86. The topological polar surface area (TPSA) is 58.9 Å². The third-order valence-electron chi connectivity index (χ3n) is 3.42. The monoisotopic (exact) mass is 268 g/mol. The summed E-state index contributed by atoms with van der Waals surface area (Å²) < 4.78 is 13.5. The lowest BCUT2D eigenvalue weighted by atomic mass is 10.00. The van der Waals surface area contributed by atoms with Crippen molar-refractivity contribution in [1.29, 1.82) is 0 Å². The van der Waals surface area contributed by atoms with E-state index in [0.29, 0.717) is 11.1 Å². The first-order valence-electron chi connectivity index (χ1n) is 6.24. The van der Waals surface area contributed by atoms with E-state index in [-0.39, 0.29) is 11.5 Å².